The Balaban J connectivity index is 1.93. The van der Waals surface area contributed by atoms with Crippen LogP contribution in [0.15, 0.2) is 48.5 Å². The minimum Gasteiger partial charge on any atom is -0.388 e. The van der Waals surface area contributed by atoms with Gasteiger partial charge in [-0.05, 0) is 49.1 Å². The van der Waals surface area contributed by atoms with E-state index >= 15 is 0 Å². The Labute approximate surface area is 120 Å². The number of nitrogens with zero attached hydrogens (tertiary/aromatic N) is 1. The molecular weight excluding hydrogens is 246 g/mol. The average molecular weight is 267 g/mol. The maximum atomic E-state index is 9.88. The van der Waals surface area contributed by atoms with Gasteiger partial charge in [0.2, 0.25) is 0 Å². The van der Waals surface area contributed by atoms with E-state index in [-0.39, 0.29) is 6.10 Å². The highest BCUT2D eigenvalue weighted by molar-refractivity contribution is 5.71. The zero-order valence-electron chi connectivity index (χ0n) is 12.1. The van der Waals surface area contributed by atoms with E-state index in [1.54, 1.807) is 0 Å². The number of hydrogen-bond donors (Lipinski definition) is 1. The quantitative estimate of drug-likeness (QED) is 0.900. The predicted octanol–water partition coefficient (Wildman–Crippen LogP) is 4.21. The fourth-order valence-corrected chi connectivity index (χ4v) is 3.05. The molecule has 0 spiro atoms. The van der Waals surface area contributed by atoms with E-state index < -0.39 is 0 Å². The van der Waals surface area contributed by atoms with E-state index in [2.05, 4.69) is 48.2 Å². The average Bonchev–Trinajstić information content (AvgIpc) is 2.82. The number of rotatable bonds is 3. The van der Waals surface area contributed by atoms with Crippen molar-refractivity contribution >= 4 is 11.4 Å². The van der Waals surface area contributed by atoms with Gasteiger partial charge in [-0.2, -0.15) is 0 Å². The maximum Gasteiger partial charge on any atom is 0.0787 e. The molecule has 2 unspecified atom stereocenters. The molecule has 0 fully saturated rings. The van der Waals surface area contributed by atoms with E-state index in [1.807, 2.05) is 19.1 Å². The van der Waals surface area contributed by atoms with Gasteiger partial charge in [0.25, 0.3) is 0 Å². The Hall–Kier alpha value is -1.80. The molecule has 1 aliphatic heterocycles. The van der Waals surface area contributed by atoms with Gasteiger partial charge in [-0.25, -0.2) is 0 Å². The molecule has 0 amide bonds. The summed E-state index contributed by atoms with van der Waals surface area (Å²) in [7, 11) is 0. The fourth-order valence-electron chi connectivity index (χ4n) is 3.05. The molecule has 2 aromatic carbocycles. The van der Waals surface area contributed by atoms with Gasteiger partial charge in [-0.15, -0.1) is 0 Å². The Bertz CT molecular complexity index is 591. The lowest BCUT2D eigenvalue weighted by Crippen LogP contribution is -2.23. The fraction of sp³-hybridized carbons (Fsp3) is 0.333. The molecule has 2 aromatic rings. The molecule has 1 aliphatic rings. The van der Waals surface area contributed by atoms with Crippen LogP contribution in [0.4, 0.5) is 11.4 Å². The van der Waals surface area contributed by atoms with Gasteiger partial charge in [0, 0.05) is 17.4 Å². The van der Waals surface area contributed by atoms with Gasteiger partial charge >= 0.3 is 0 Å². The Kier molecular flexibility index (Phi) is 3.49. The first kappa shape index (κ1) is 13.2. The van der Waals surface area contributed by atoms with Crippen LogP contribution in [0, 0.1) is 0 Å². The number of anilines is 2. The summed E-state index contributed by atoms with van der Waals surface area (Å²) in [5.74, 6) is 0. The van der Waals surface area contributed by atoms with Crippen LogP contribution in [-0.2, 0) is 6.42 Å². The van der Waals surface area contributed by atoms with Gasteiger partial charge < -0.3 is 10.0 Å². The van der Waals surface area contributed by atoms with Crippen molar-refractivity contribution in [2.75, 3.05) is 4.90 Å². The highest BCUT2D eigenvalue weighted by atomic mass is 16.3. The van der Waals surface area contributed by atoms with Crippen LogP contribution in [0.2, 0.25) is 0 Å². The van der Waals surface area contributed by atoms with Crippen molar-refractivity contribution in [1.29, 1.82) is 0 Å². The molecule has 0 aliphatic carbocycles. The van der Waals surface area contributed by atoms with Gasteiger partial charge in [0.05, 0.1) is 6.10 Å². The highest BCUT2D eigenvalue weighted by Gasteiger charge is 2.26. The van der Waals surface area contributed by atoms with Crippen molar-refractivity contribution < 1.29 is 5.11 Å². The Morgan fingerprint density at radius 1 is 1.15 bits per heavy atom. The first-order chi connectivity index (χ1) is 9.70. The number of fused-ring (bicyclic) bond motifs is 1. The molecule has 104 valence electrons. The van der Waals surface area contributed by atoms with E-state index in [9.17, 15) is 5.11 Å². The Morgan fingerprint density at radius 2 is 1.85 bits per heavy atom. The van der Waals surface area contributed by atoms with E-state index in [0.29, 0.717) is 6.04 Å². The standard InChI is InChI=1S/C18H21NO/c1-3-18(20)14-8-10-16(11-9-14)19-13(2)12-15-6-4-5-7-17(15)19/h4-11,13,18,20H,3,12H2,1-2H3. The molecule has 2 heteroatoms. The normalized spacial score (nSPS) is 18.9. The third-order valence-electron chi connectivity index (χ3n) is 4.15. The van der Waals surface area contributed by atoms with Crippen LogP contribution in [-0.4, -0.2) is 11.1 Å². The molecule has 0 aromatic heterocycles. The third kappa shape index (κ3) is 2.20. The summed E-state index contributed by atoms with van der Waals surface area (Å²) in [5.41, 5.74) is 4.92. The zero-order chi connectivity index (χ0) is 14.1. The summed E-state index contributed by atoms with van der Waals surface area (Å²) in [6.07, 6.45) is 1.49. The van der Waals surface area contributed by atoms with Crippen LogP contribution in [0.25, 0.3) is 0 Å². The number of benzene rings is 2. The van der Waals surface area contributed by atoms with Gasteiger partial charge in [-0.1, -0.05) is 37.3 Å². The van der Waals surface area contributed by atoms with Crippen molar-refractivity contribution in [3.8, 4) is 0 Å². The summed E-state index contributed by atoms with van der Waals surface area (Å²) in [6.45, 7) is 4.26. The van der Waals surface area contributed by atoms with E-state index in [4.69, 9.17) is 0 Å². The summed E-state index contributed by atoms with van der Waals surface area (Å²) >= 11 is 0. The third-order valence-corrected chi connectivity index (χ3v) is 4.15. The summed E-state index contributed by atoms with van der Waals surface area (Å²) in [4.78, 5) is 2.39. The maximum absolute atomic E-state index is 9.88. The van der Waals surface area contributed by atoms with Crippen LogP contribution in [0.3, 0.4) is 0 Å². The summed E-state index contributed by atoms with van der Waals surface area (Å²) in [5, 5.41) is 9.88. The molecule has 1 heterocycles. The number of para-hydroxylation sites is 1. The topological polar surface area (TPSA) is 23.5 Å². The lowest BCUT2D eigenvalue weighted by molar-refractivity contribution is 0.173. The monoisotopic (exact) mass is 267 g/mol. The van der Waals surface area contributed by atoms with Crippen molar-refractivity contribution in [2.24, 2.45) is 0 Å². The number of aliphatic hydroxyl groups is 1. The molecular formula is C18H21NO. The van der Waals surface area contributed by atoms with Crippen LogP contribution >= 0.6 is 0 Å². The van der Waals surface area contributed by atoms with Crippen molar-refractivity contribution in [3.63, 3.8) is 0 Å². The second-order valence-electron chi connectivity index (χ2n) is 5.57. The van der Waals surface area contributed by atoms with Gasteiger partial charge in [-0.3, -0.25) is 0 Å². The molecule has 3 rings (SSSR count). The molecule has 0 radical (unpaired) electrons. The summed E-state index contributed by atoms with van der Waals surface area (Å²) in [6, 6.07) is 17.4. The summed E-state index contributed by atoms with van der Waals surface area (Å²) < 4.78 is 0. The molecule has 0 saturated heterocycles. The van der Waals surface area contributed by atoms with E-state index in [0.717, 1.165) is 18.4 Å². The first-order valence-electron chi connectivity index (χ1n) is 7.36. The van der Waals surface area contributed by atoms with Gasteiger partial charge in [0.15, 0.2) is 0 Å². The second kappa shape index (κ2) is 5.29. The molecule has 0 saturated carbocycles. The minimum absolute atomic E-state index is 0.354. The number of hydrogen-bond acceptors (Lipinski definition) is 2. The zero-order valence-corrected chi connectivity index (χ0v) is 12.1. The van der Waals surface area contributed by atoms with Crippen LogP contribution < -0.4 is 4.90 Å². The predicted molar refractivity (Wildman–Crippen MR) is 83.4 cm³/mol. The van der Waals surface area contributed by atoms with E-state index in [1.165, 1.54) is 16.9 Å². The molecule has 1 N–H and O–H groups in total. The molecule has 20 heavy (non-hydrogen) atoms. The lowest BCUT2D eigenvalue weighted by atomic mass is 10.1. The van der Waals surface area contributed by atoms with Crippen LogP contribution in [0.5, 0.6) is 0 Å². The smallest absolute Gasteiger partial charge is 0.0787 e. The Morgan fingerprint density at radius 3 is 2.55 bits per heavy atom. The molecule has 2 nitrogen and oxygen atoms in total. The minimum atomic E-state index is -0.354. The largest absolute Gasteiger partial charge is 0.388 e. The van der Waals surface area contributed by atoms with Gasteiger partial charge in [0.1, 0.15) is 0 Å². The number of aliphatic hydroxyl groups excluding tert-OH is 1. The second-order valence-corrected chi connectivity index (χ2v) is 5.57. The van der Waals surface area contributed by atoms with Crippen molar-refractivity contribution in [3.05, 3.63) is 59.7 Å². The van der Waals surface area contributed by atoms with Crippen LogP contribution in [0.1, 0.15) is 37.5 Å². The molecule has 2 atom stereocenters. The molecule has 0 bridgehead atoms. The van der Waals surface area contributed by atoms with Crippen molar-refractivity contribution in [1.82, 2.24) is 0 Å². The van der Waals surface area contributed by atoms with Crippen molar-refractivity contribution in [2.45, 2.75) is 38.8 Å². The highest BCUT2D eigenvalue weighted by Crippen LogP contribution is 2.38. The lowest BCUT2D eigenvalue weighted by Gasteiger charge is -2.25. The first-order valence-corrected chi connectivity index (χ1v) is 7.36. The SMILES string of the molecule is CCC(O)c1ccc(N2c3ccccc3CC2C)cc1.